The van der Waals surface area contributed by atoms with Crippen LogP contribution in [0.3, 0.4) is 0 Å². The van der Waals surface area contributed by atoms with Crippen LogP contribution in [-0.2, 0) is 11.3 Å². The van der Waals surface area contributed by atoms with Gasteiger partial charge in [-0.1, -0.05) is 5.21 Å². The number of amides is 1. The van der Waals surface area contributed by atoms with Gasteiger partial charge in [-0.05, 0) is 26.3 Å². The molecular formula is C10H17N5O. The molecular weight excluding hydrogens is 206 g/mol. The van der Waals surface area contributed by atoms with E-state index in [-0.39, 0.29) is 18.5 Å². The maximum absolute atomic E-state index is 11.7. The summed E-state index contributed by atoms with van der Waals surface area (Å²) in [4.78, 5) is 11.7. The Morgan fingerprint density at radius 2 is 2.56 bits per heavy atom. The average molecular weight is 223 g/mol. The van der Waals surface area contributed by atoms with E-state index in [1.54, 1.807) is 12.4 Å². The quantitative estimate of drug-likeness (QED) is 0.727. The second-order valence-electron chi connectivity index (χ2n) is 4.16. The van der Waals surface area contributed by atoms with Gasteiger partial charge in [0.25, 0.3) is 0 Å². The molecule has 0 spiro atoms. The Balaban J connectivity index is 1.82. The van der Waals surface area contributed by atoms with Gasteiger partial charge >= 0.3 is 0 Å². The number of carbonyl (C=O) groups is 1. The third-order valence-electron chi connectivity index (χ3n) is 2.89. The van der Waals surface area contributed by atoms with Crippen molar-refractivity contribution in [2.45, 2.75) is 38.4 Å². The fraction of sp³-hybridized carbons (Fsp3) is 0.700. The molecule has 0 saturated carbocycles. The minimum atomic E-state index is -0.00829. The van der Waals surface area contributed by atoms with E-state index in [4.69, 9.17) is 0 Å². The first-order valence-electron chi connectivity index (χ1n) is 5.62. The van der Waals surface area contributed by atoms with Gasteiger partial charge in [0, 0.05) is 18.3 Å². The highest BCUT2D eigenvalue weighted by Gasteiger charge is 2.22. The van der Waals surface area contributed by atoms with Crippen LogP contribution < -0.4 is 10.6 Å². The normalized spacial score (nSPS) is 25.3. The van der Waals surface area contributed by atoms with Gasteiger partial charge in [-0.15, -0.1) is 5.10 Å². The number of hydrogen-bond donors (Lipinski definition) is 2. The van der Waals surface area contributed by atoms with Crippen LogP contribution in [0.1, 0.15) is 19.8 Å². The fourth-order valence-electron chi connectivity index (χ4n) is 1.96. The van der Waals surface area contributed by atoms with Gasteiger partial charge in [0.15, 0.2) is 0 Å². The summed E-state index contributed by atoms with van der Waals surface area (Å²) < 4.78 is 1.52. The van der Waals surface area contributed by atoms with Crippen molar-refractivity contribution in [2.24, 2.45) is 0 Å². The summed E-state index contributed by atoms with van der Waals surface area (Å²) in [6.45, 7) is 3.37. The molecule has 1 amide bonds. The zero-order valence-corrected chi connectivity index (χ0v) is 9.39. The molecule has 0 radical (unpaired) electrons. The Morgan fingerprint density at radius 3 is 3.25 bits per heavy atom. The number of aromatic nitrogens is 3. The smallest absolute Gasteiger partial charge is 0.242 e. The minimum Gasteiger partial charge on any atom is -0.350 e. The summed E-state index contributed by atoms with van der Waals surface area (Å²) in [5, 5.41) is 13.8. The molecule has 88 valence electrons. The molecule has 0 aliphatic carbocycles. The van der Waals surface area contributed by atoms with Gasteiger partial charge in [-0.2, -0.15) is 0 Å². The number of rotatable bonds is 3. The van der Waals surface area contributed by atoms with Crippen molar-refractivity contribution in [1.82, 2.24) is 25.6 Å². The van der Waals surface area contributed by atoms with Crippen molar-refractivity contribution in [2.75, 3.05) is 6.54 Å². The lowest BCUT2D eigenvalue weighted by atomic mass is 10.00. The number of piperidine rings is 1. The molecule has 0 bridgehead atoms. The lowest BCUT2D eigenvalue weighted by Gasteiger charge is -2.30. The van der Waals surface area contributed by atoms with E-state index >= 15 is 0 Å². The van der Waals surface area contributed by atoms with Crippen LogP contribution in [-0.4, -0.2) is 39.5 Å². The molecule has 6 nitrogen and oxygen atoms in total. The van der Waals surface area contributed by atoms with Gasteiger partial charge in [0.2, 0.25) is 5.91 Å². The number of nitrogens with one attached hydrogen (secondary N) is 2. The summed E-state index contributed by atoms with van der Waals surface area (Å²) in [5.74, 6) is -0.00829. The Labute approximate surface area is 94.4 Å². The Morgan fingerprint density at radius 1 is 1.69 bits per heavy atom. The average Bonchev–Trinajstić information content (AvgIpc) is 2.74. The Hall–Kier alpha value is -1.43. The molecule has 2 N–H and O–H groups in total. The van der Waals surface area contributed by atoms with E-state index in [9.17, 15) is 4.79 Å². The third kappa shape index (κ3) is 2.79. The first-order valence-corrected chi connectivity index (χ1v) is 5.62. The first-order chi connectivity index (χ1) is 7.75. The predicted octanol–water partition coefficient (Wildman–Crippen LogP) is -0.465. The maximum atomic E-state index is 11.7. The number of carbonyl (C=O) groups excluding carboxylic acids is 1. The molecule has 2 atom stereocenters. The molecule has 1 fully saturated rings. The van der Waals surface area contributed by atoms with Gasteiger partial charge in [0.05, 0.1) is 6.20 Å². The van der Waals surface area contributed by atoms with E-state index in [0.29, 0.717) is 6.04 Å². The van der Waals surface area contributed by atoms with Crippen molar-refractivity contribution in [3.8, 4) is 0 Å². The second-order valence-corrected chi connectivity index (χ2v) is 4.16. The molecule has 1 aromatic rings. The van der Waals surface area contributed by atoms with Crippen LogP contribution in [0.5, 0.6) is 0 Å². The molecule has 2 rings (SSSR count). The molecule has 2 heterocycles. The highest BCUT2D eigenvalue weighted by molar-refractivity contribution is 5.76. The van der Waals surface area contributed by atoms with Crippen molar-refractivity contribution >= 4 is 5.91 Å². The van der Waals surface area contributed by atoms with Crippen LogP contribution in [0.15, 0.2) is 12.4 Å². The molecule has 1 aliphatic rings. The molecule has 1 saturated heterocycles. The largest absolute Gasteiger partial charge is 0.350 e. The van der Waals surface area contributed by atoms with Crippen LogP contribution in [0.25, 0.3) is 0 Å². The van der Waals surface area contributed by atoms with Crippen LogP contribution in [0, 0.1) is 0 Å². The molecule has 2 unspecified atom stereocenters. The lowest BCUT2D eigenvalue weighted by molar-refractivity contribution is -0.122. The van der Waals surface area contributed by atoms with E-state index in [1.807, 2.05) is 0 Å². The van der Waals surface area contributed by atoms with E-state index in [0.717, 1.165) is 19.4 Å². The summed E-state index contributed by atoms with van der Waals surface area (Å²) >= 11 is 0. The topological polar surface area (TPSA) is 71.8 Å². The van der Waals surface area contributed by atoms with Gasteiger partial charge in [-0.25, -0.2) is 4.68 Å². The van der Waals surface area contributed by atoms with E-state index in [2.05, 4.69) is 27.9 Å². The summed E-state index contributed by atoms with van der Waals surface area (Å²) in [6, 6.07) is 0.568. The number of hydrogen-bond acceptors (Lipinski definition) is 4. The monoisotopic (exact) mass is 223 g/mol. The molecule has 16 heavy (non-hydrogen) atoms. The number of nitrogens with zero attached hydrogens (tertiary/aromatic N) is 3. The first kappa shape index (κ1) is 11.1. The standard InChI is InChI=1S/C10H17N5O/c1-8-9(3-2-4-11-8)13-10(16)7-15-6-5-12-14-15/h5-6,8-9,11H,2-4,7H2,1H3,(H,13,16). The van der Waals surface area contributed by atoms with Gasteiger partial charge in [0.1, 0.15) is 6.54 Å². The van der Waals surface area contributed by atoms with E-state index in [1.165, 1.54) is 4.68 Å². The van der Waals surface area contributed by atoms with Crippen LogP contribution in [0.4, 0.5) is 0 Å². The zero-order valence-electron chi connectivity index (χ0n) is 9.39. The van der Waals surface area contributed by atoms with Crippen molar-refractivity contribution in [1.29, 1.82) is 0 Å². The third-order valence-corrected chi connectivity index (χ3v) is 2.89. The molecule has 0 aromatic carbocycles. The van der Waals surface area contributed by atoms with Crippen LogP contribution >= 0.6 is 0 Å². The highest BCUT2D eigenvalue weighted by Crippen LogP contribution is 2.07. The second kappa shape index (κ2) is 5.07. The van der Waals surface area contributed by atoms with Crippen molar-refractivity contribution < 1.29 is 4.79 Å². The highest BCUT2D eigenvalue weighted by atomic mass is 16.2. The molecule has 6 heteroatoms. The zero-order chi connectivity index (χ0) is 11.4. The predicted molar refractivity (Wildman–Crippen MR) is 58.7 cm³/mol. The van der Waals surface area contributed by atoms with Crippen LogP contribution in [0.2, 0.25) is 0 Å². The Bertz CT molecular complexity index is 337. The minimum absolute atomic E-state index is 0.00829. The fourth-order valence-corrected chi connectivity index (χ4v) is 1.96. The van der Waals surface area contributed by atoms with Crippen molar-refractivity contribution in [3.63, 3.8) is 0 Å². The van der Waals surface area contributed by atoms with Gasteiger partial charge < -0.3 is 10.6 Å². The van der Waals surface area contributed by atoms with Crippen molar-refractivity contribution in [3.05, 3.63) is 12.4 Å². The lowest BCUT2D eigenvalue weighted by Crippen LogP contribution is -2.52. The summed E-state index contributed by atoms with van der Waals surface area (Å²) in [5.41, 5.74) is 0. The molecule has 1 aliphatic heterocycles. The van der Waals surface area contributed by atoms with Gasteiger partial charge in [-0.3, -0.25) is 4.79 Å². The maximum Gasteiger partial charge on any atom is 0.242 e. The molecule has 1 aromatic heterocycles. The van der Waals surface area contributed by atoms with E-state index < -0.39 is 0 Å². The SMILES string of the molecule is CC1NCCCC1NC(=O)Cn1ccnn1. The summed E-state index contributed by atoms with van der Waals surface area (Å²) in [6.07, 6.45) is 5.40. The Kier molecular flexibility index (Phi) is 3.51. The summed E-state index contributed by atoms with van der Waals surface area (Å²) in [7, 11) is 0.